The molecule has 4 N–H and O–H groups in total. The molecule has 0 atom stereocenters. The molecule has 106 valence electrons. The molecule has 0 radical (unpaired) electrons. The lowest BCUT2D eigenvalue weighted by atomic mass is 10.1. The zero-order valence-electron chi connectivity index (χ0n) is 11.6. The third-order valence-corrected chi connectivity index (χ3v) is 3.43. The molecule has 0 amide bonds. The summed E-state index contributed by atoms with van der Waals surface area (Å²) in [5.41, 5.74) is 9.94. The van der Waals surface area contributed by atoms with Crippen molar-refractivity contribution in [3.63, 3.8) is 0 Å². The van der Waals surface area contributed by atoms with Gasteiger partial charge in [-0.05, 0) is 36.2 Å². The number of nitrogen functional groups attached to an aromatic ring is 1. The maximum Gasteiger partial charge on any atom is 0.258 e. The summed E-state index contributed by atoms with van der Waals surface area (Å²) in [6.45, 7) is 2.64. The van der Waals surface area contributed by atoms with Gasteiger partial charge in [-0.3, -0.25) is 9.78 Å². The van der Waals surface area contributed by atoms with E-state index in [9.17, 15) is 4.79 Å². The quantitative estimate of drug-likeness (QED) is 0.636. The maximum absolute atomic E-state index is 11.7. The van der Waals surface area contributed by atoms with Gasteiger partial charge in [0.15, 0.2) is 0 Å². The fourth-order valence-corrected chi connectivity index (χ4v) is 2.16. The Kier molecular flexibility index (Phi) is 3.27. The van der Waals surface area contributed by atoms with E-state index >= 15 is 0 Å². The summed E-state index contributed by atoms with van der Waals surface area (Å²) in [6, 6.07) is 5.38. The van der Waals surface area contributed by atoms with Crippen LogP contribution in [-0.4, -0.2) is 15.0 Å². The van der Waals surface area contributed by atoms with Crippen molar-refractivity contribution < 1.29 is 0 Å². The van der Waals surface area contributed by atoms with Crippen molar-refractivity contribution >= 4 is 22.3 Å². The Labute approximate surface area is 121 Å². The average Bonchev–Trinajstić information content (AvgIpc) is 2.48. The monoisotopic (exact) mass is 281 g/mol. The first-order chi connectivity index (χ1) is 10.1. The number of aromatic amines is 1. The number of aryl methyl sites for hydroxylation is 1. The van der Waals surface area contributed by atoms with Crippen molar-refractivity contribution in [3.05, 3.63) is 58.4 Å². The van der Waals surface area contributed by atoms with E-state index in [1.165, 1.54) is 6.33 Å². The molecule has 0 spiro atoms. The Morgan fingerprint density at radius 2 is 2.24 bits per heavy atom. The van der Waals surface area contributed by atoms with Crippen molar-refractivity contribution in [1.82, 2.24) is 15.0 Å². The zero-order valence-corrected chi connectivity index (χ0v) is 11.6. The minimum absolute atomic E-state index is 0.193. The highest BCUT2D eigenvalue weighted by atomic mass is 16.1. The smallest absolute Gasteiger partial charge is 0.258 e. The van der Waals surface area contributed by atoms with Crippen LogP contribution in [0.15, 0.2) is 41.7 Å². The predicted octanol–water partition coefficient (Wildman–Crippen LogP) is 1.82. The minimum Gasteiger partial charge on any atom is -0.397 e. The largest absolute Gasteiger partial charge is 0.397 e. The molecular formula is C15H15N5O. The second-order valence-electron chi connectivity index (χ2n) is 4.84. The van der Waals surface area contributed by atoms with Gasteiger partial charge in [-0.2, -0.15) is 0 Å². The fourth-order valence-electron chi connectivity index (χ4n) is 2.16. The fraction of sp³-hybridized carbons (Fsp3) is 0.133. The lowest BCUT2D eigenvalue weighted by molar-refractivity contribution is 1.08. The van der Waals surface area contributed by atoms with Gasteiger partial charge in [-0.15, -0.1) is 0 Å². The number of pyridine rings is 1. The van der Waals surface area contributed by atoms with Crippen LogP contribution in [-0.2, 0) is 6.54 Å². The normalized spacial score (nSPS) is 10.7. The van der Waals surface area contributed by atoms with Crippen LogP contribution in [0.3, 0.4) is 0 Å². The van der Waals surface area contributed by atoms with Crippen molar-refractivity contribution in [2.45, 2.75) is 13.5 Å². The molecule has 6 heteroatoms. The lowest BCUT2D eigenvalue weighted by Crippen LogP contribution is -2.09. The van der Waals surface area contributed by atoms with Gasteiger partial charge in [0.05, 0.1) is 28.6 Å². The minimum atomic E-state index is -0.193. The Morgan fingerprint density at radius 3 is 3.05 bits per heavy atom. The number of nitrogens with two attached hydrogens (primary N) is 1. The maximum atomic E-state index is 11.7. The van der Waals surface area contributed by atoms with Crippen molar-refractivity contribution in [3.8, 4) is 0 Å². The van der Waals surface area contributed by atoms with Crippen LogP contribution in [0, 0.1) is 6.92 Å². The molecule has 0 unspecified atom stereocenters. The third-order valence-electron chi connectivity index (χ3n) is 3.43. The summed E-state index contributed by atoms with van der Waals surface area (Å²) in [6.07, 6.45) is 4.97. The molecule has 3 rings (SSSR count). The van der Waals surface area contributed by atoms with Crippen LogP contribution in [0.5, 0.6) is 0 Å². The van der Waals surface area contributed by atoms with Gasteiger partial charge in [-0.1, -0.05) is 0 Å². The second kappa shape index (κ2) is 5.24. The molecule has 3 aromatic rings. The van der Waals surface area contributed by atoms with E-state index in [1.807, 2.05) is 19.2 Å². The first-order valence-electron chi connectivity index (χ1n) is 6.55. The number of hydrogen-bond donors (Lipinski definition) is 3. The molecule has 0 saturated heterocycles. The first kappa shape index (κ1) is 13.1. The van der Waals surface area contributed by atoms with E-state index in [2.05, 4.69) is 20.3 Å². The Hall–Kier alpha value is -2.89. The molecule has 0 aliphatic carbocycles. The summed E-state index contributed by atoms with van der Waals surface area (Å²) in [4.78, 5) is 22.5. The van der Waals surface area contributed by atoms with Crippen LogP contribution in [0.25, 0.3) is 10.9 Å². The van der Waals surface area contributed by atoms with E-state index < -0.39 is 0 Å². The number of hydrogen-bond acceptors (Lipinski definition) is 5. The molecule has 1 aromatic carbocycles. The molecule has 0 aliphatic rings. The van der Waals surface area contributed by atoms with Crippen LogP contribution in [0.4, 0.5) is 11.4 Å². The Morgan fingerprint density at radius 1 is 1.38 bits per heavy atom. The SMILES string of the molecule is Cc1ccncc1CNc1cc2nc[nH]c(=O)c2cc1N. The molecule has 0 aliphatic heterocycles. The predicted molar refractivity (Wildman–Crippen MR) is 83.1 cm³/mol. The summed E-state index contributed by atoms with van der Waals surface area (Å²) >= 11 is 0. The van der Waals surface area contributed by atoms with Crippen molar-refractivity contribution in [2.24, 2.45) is 0 Å². The van der Waals surface area contributed by atoms with E-state index in [-0.39, 0.29) is 5.56 Å². The summed E-state index contributed by atoms with van der Waals surface area (Å²) in [5, 5.41) is 3.75. The van der Waals surface area contributed by atoms with E-state index in [1.54, 1.807) is 18.3 Å². The topological polar surface area (TPSA) is 96.7 Å². The molecule has 0 bridgehead atoms. The Balaban J connectivity index is 1.93. The van der Waals surface area contributed by atoms with Crippen LogP contribution in [0.2, 0.25) is 0 Å². The van der Waals surface area contributed by atoms with Gasteiger partial charge in [0.25, 0.3) is 5.56 Å². The number of benzene rings is 1. The third kappa shape index (κ3) is 2.55. The van der Waals surface area contributed by atoms with Crippen molar-refractivity contribution in [2.75, 3.05) is 11.1 Å². The Bertz CT molecular complexity index is 856. The van der Waals surface area contributed by atoms with Gasteiger partial charge in [0, 0.05) is 18.9 Å². The lowest BCUT2D eigenvalue weighted by Gasteiger charge is -2.11. The molecule has 6 nitrogen and oxygen atoms in total. The first-order valence-corrected chi connectivity index (χ1v) is 6.55. The number of rotatable bonds is 3. The van der Waals surface area contributed by atoms with Gasteiger partial charge in [0.2, 0.25) is 0 Å². The number of fused-ring (bicyclic) bond motifs is 1. The number of nitrogens with one attached hydrogen (secondary N) is 2. The summed E-state index contributed by atoms with van der Waals surface area (Å²) in [7, 11) is 0. The van der Waals surface area contributed by atoms with Crippen LogP contribution >= 0.6 is 0 Å². The molecule has 0 saturated carbocycles. The molecule has 2 heterocycles. The van der Waals surface area contributed by atoms with E-state index in [0.29, 0.717) is 23.1 Å². The number of anilines is 2. The van der Waals surface area contributed by atoms with Gasteiger partial charge >= 0.3 is 0 Å². The molecule has 0 fully saturated rings. The second-order valence-corrected chi connectivity index (χ2v) is 4.84. The highest BCUT2D eigenvalue weighted by Gasteiger charge is 2.06. The number of aromatic nitrogens is 3. The molecule has 2 aromatic heterocycles. The average molecular weight is 281 g/mol. The van der Waals surface area contributed by atoms with Gasteiger partial charge in [-0.25, -0.2) is 4.98 Å². The van der Waals surface area contributed by atoms with Gasteiger partial charge < -0.3 is 16.0 Å². The van der Waals surface area contributed by atoms with Gasteiger partial charge in [0.1, 0.15) is 0 Å². The van der Waals surface area contributed by atoms with Crippen LogP contribution in [0.1, 0.15) is 11.1 Å². The number of H-pyrrole nitrogens is 1. The molecule has 21 heavy (non-hydrogen) atoms. The highest BCUT2D eigenvalue weighted by Crippen LogP contribution is 2.23. The zero-order chi connectivity index (χ0) is 14.8. The summed E-state index contributed by atoms with van der Waals surface area (Å²) in [5.74, 6) is 0. The van der Waals surface area contributed by atoms with E-state index in [4.69, 9.17) is 5.73 Å². The highest BCUT2D eigenvalue weighted by molar-refractivity contribution is 5.88. The summed E-state index contributed by atoms with van der Waals surface area (Å²) < 4.78 is 0. The van der Waals surface area contributed by atoms with Crippen LogP contribution < -0.4 is 16.6 Å². The van der Waals surface area contributed by atoms with Crippen molar-refractivity contribution in [1.29, 1.82) is 0 Å². The van der Waals surface area contributed by atoms with E-state index in [0.717, 1.165) is 16.8 Å². The molecular weight excluding hydrogens is 266 g/mol. The number of nitrogens with zero attached hydrogens (tertiary/aromatic N) is 2. The standard InChI is InChI=1S/C15H15N5O/c1-9-2-3-17-6-10(9)7-18-14-5-13-11(4-12(14)16)15(21)20-8-19-13/h2-6,8,18H,7,16H2,1H3,(H,19,20,21).